The highest BCUT2D eigenvalue weighted by Gasteiger charge is 2.09. The zero-order valence-corrected chi connectivity index (χ0v) is 11.7. The molecule has 5 nitrogen and oxygen atoms in total. The number of hydrogen-bond acceptors (Lipinski definition) is 5. The SMILES string of the molecule is Cc1coc(SCC(=O)Nc2ccc(Cl)cc2N)n1. The number of carbonyl (C=O) groups is 1. The molecule has 2 rings (SSSR count). The van der Waals surface area contributed by atoms with Gasteiger partial charge in [-0.15, -0.1) is 0 Å². The number of oxazole rings is 1. The Bertz CT molecular complexity index is 600. The Morgan fingerprint density at radius 1 is 1.58 bits per heavy atom. The van der Waals surface area contributed by atoms with E-state index in [4.69, 9.17) is 21.8 Å². The number of carbonyl (C=O) groups excluding carboxylic acids is 1. The quantitative estimate of drug-likeness (QED) is 0.670. The van der Waals surface area contributed by atoms with E-state index in [9.17, 15) is 4.79 Å². The van der Waals surface area contributed by atoms with Crippen LogP contribution < -0.4 is 11.1 Å². The van der Waals surface area contributed by atoms with E-state index in [0.29, 0.717) is 21.6 Å². The van der Waals surface area contributed by atoms with Gasteiger partial charge in [0, 0.05) is 5.02 Å². The second kappa shape index (κ2) is 5.99. The minimum absolute atomic E-state index is 0.185. The lowest BCUT2D eigenvalue weighted by Gasteiger charge is -2.07. The molecular weight excluding hydrogens is 286 g/mol. The first kappa shape index (κ1) is 13.8. The van der Waals surface area contributed by atoms with E-state index < -0.39 is 0 Å². The Balaban J connectivity index is 1.90. The van der Waals surface area contributed by atoms with E-state index >= 15 is 0 Å². The van der Waals surface area contributed by atoms with Crippen molar-refractivity contribution in [3.8, 4) is 0 Å². The molecule has 0 bridgehead atoms. The summed E-state index contributed by atoms with van der Waals surface area (Å²) in [6.45, 7) is 1.82. The lowest BCUT2D eigenvalue weighted by atomic mass is 10.2. The largest absolute Gasteiger partial charge is 0.440 e. The molecular formula is C12H12ClN3O2S. The predicted octanol–water partition coefficient (Wildman–Crippen LogP) is 2.95. The van der Waals surface area contributed by atoms with Crippen LogP contribution in [0.1, 0.15) is 5.69 Å². The first-order valence-electron chi connectivity index (χ1n) is 5.44. The number of aryl methyl sites for hydroxylation is 1. The number of nitrogen functional groups attached to an aromatic ring is 1. The molecule has 0 fully saturated rings. The van der Waals surface area contributed by atoms with Crippen LogP contribution in [0.15, 0.2) is 34.1 Å². The average molecular weight is 298 g/mol. The lowest BCUT2D eigenvalue weighted by molar-refractivity contribution is -0.113. The molecule has 1 heterocycles. The topological polar surface area (TPSA) is 81.2 Å². The van der Waals surface area contributed by atoms with Gasteiger partial charge in [-0.25, -0.2) is 4.98 Å². The van der Waals surface area contributed by atoms with Crippen molar-refractivity contribution >= 4 is 40.6 Å². The van der Waals surface area contributed by atoms with Crippen molar-refractivity contribution < 1.29 is 9.21 Å². The van der Waals surface area contributed by atoms with Gasteiger partial charge in [-0.05, 0) is 25.1 Å². The first-order valence-corrected chi connectivity index (χ1v) is 6.81. The van der Waals surface area contributed by atoms with Crippen molar-refractivity contribution in [1.29, 1.82) is 0 Å². The number of halogens is 1. The van der Waals surface area contributed by atoms with Crippen molar-refractivity contribution in [1.82, 2.24) is 4.98 Å². The summed E-state index contributed by atoms with van der Waals surface area (Å²) in [5.41, 5.74) is 7.49. The first-order chi connectivity index (χ1) is 9.04. The Morgan fingerprint density at radius 2 is 2.37 bits per heavy atom. The van der Waals surface area contributed by atoms with Crippen LogP contribution >= 0.6 is 23.4 Å². The fourth-order valence-electron chi connectivity index (χ4n) is 1.36. The Kier molecular flexibility index (Phi) is 4.34. The Labute approximate surface area is 119 Å². The highest BCUT2D eigenvalue weighted by atomic mass is 35.5. The highest BCUT2D eigenvalue weighted by Crippen LogP contribution is 2.23. The van der Waals surface area contributed by atoms with Crippen LogP contribution in [0.4, 0.5) is 11.4 Å². The summed E-state index contributed by atoms with van der Waals surface area (Å²) in [4.78, 5) is 15.8. The summed E-state index contributed by atoms with van der Waals surface area (Å²) < 4.78 is 5.13. The normalized spacial score (nSPS) is 10.4. The molecule has 0 saturated carbocycles. The van der Waals surface area contributed by atoms with Gasteiger partial charge in [0.05, 0.1) is 22.8 Å². The maximum absolute atomic E-state index is 11.7. The molecule has 1 aromatic carbocycles. The van der Waals surface area contributed by atoms with Gasteiger partial charge in [0.25, 0.3) is 5.22 Å². The summed E-state index contributed by atoms with van der Waals surface area (Å²) >= 11 is 7.00. The second-order valence-corrected chi connectivity index (χ2v) is 5.19. The van der Waals surface area contributed by atoms with E-state index in [-0.39, 0.29) is 11.7 Å². The van der Waals surface area contributed by atoms with Gasteiger partial charge < -0.3 is 15.5 Å². The van der Waals surface area contributed by atoms with Crippen molar-refractivity contribution in [2.45, 2.75) is 12.1 Å². The number of hydrogen-bond donors (Lipinski definition) is 2. The van der Waals surface area contributed by atoms with E-state index in [2.05, 4.69) is 10.3 Å². The van der Waals surface area contributed by atoms with Crippen molar-refractivity contribution in [2.24, 2.45) is 0 Å². The van der Waals surface area contributed by atoms with Crippen LogP contribution in [0.25, 0.3) is 0 Å². The van der Waals surface area contributed by atoms with Crippen LogP contribution in [0.5, 0.6) is 0 Å². The van der Waals surface area contributed by atoms with Gasteiger partial charge in [-0.3, -0.25) is 4.79 Å². The molecule has 0 aliphatic carbocycles. The summed E-state index contributed by atoms with van der Waals surface area (Å²) in [7, 11) is 0. The number of rotatable bonds is 4. The van der Waals surface area contributed by atoms with E-state index in [0.717, 1.165) is 5.69 Å². The Hall–Kier alpha value is -1.66. The molecule has 0 spiro atoms. The third-order valence-corrected chi connectivity index (χ3v) is 3.29. The monoisotopic (exact) mass is 297 g/mol. The average Bonchev–Trinajstić information content (AvgIpc) is 2.76. The third kappa shape index (κ3) is 3.90. The summed E-state index contributed by atoms with van der Waals surface area (Å²) in [6, 6.07) is 4.91. The zero-order valence-electron chi connectivity index (χ0n) is 10.1. The van der Waals surface area contributed by atoms with Crippen LogP contribution in [-0.2, 0) is 4.79 Å². The smallest absolute Gasteiger partial charge is 0.256 e. The molecule has 100 valence electrons. The lowest BCUT2D eigenvalue weighted by Crippen LogP contribution is -2.15. The minimum atomic E-state index is -0.185. The van der Waals surface area contributed by atoms with Crippen LogP contribution in [0, 0.1) is 6.92 Å². The van der Waals surface area contributed by atoms with Crippen molar-refractivity contribution in [3.63, 3.8) is 0 Å². The summed E-state index contributed by atoms with van der Waals surface area (Å²) in [5, 5.41) is 3.70. The number of nitrogens with two attached hydrogens (primary N) is 1. The third-order valence-electron chi connectivity index (χ3n) is 2.21. The standard InChI is InChI=1S/C12H12ClN3O2S/c1-7-5-18-12(15-7)19-6-11(17)16-10-3-2-8(13)4-9(10)14/h2-5H,6,14H2,1H3,(H,16,17). The van der Waals surface area contributed by atoms with E-state index in [1.165, 1.54) is 18.0 Å². The maximum Gasteiger partial charge on any atom is 0.256 e. The van der Waals surface area contributed by atoms with Gasteiger partial charge in [0.2, 0.25) is 5.91 Å². The predicted molar refractivity (Wildman–Crippen MR) is 76.5 cm³/mol. The van der Waals surface area contributed by atoms with Gasteiger partial charge >= 0.3 is 0 Å². The number of anilines is 2. The van der Waals surface area contributed by atoms with Crippen LogP contribution in [-0.4, -0.2) is 16.6 Å². The van der Waals surface area contributed by atoms with Gasteiger partial charge in [-0.2, -0.15) is 0 Å². The molecule has 0 atom stereocenters. The van der Waals surface area contributed by atoms with Crippen LogP contribution in [0.2, 0.25) is 5.02 Å². The van der Waals surface area contributed by atoms with E-state index in [1.807, 2.05) is 6.92 Å². The molecule has 1 amide bonds. The van der Waals surface area contributed by atoms with Crippen LogP contribution in [0.3, 0.4) is 0 Å². The molecule has 7 heteroatoms. The molecule has 0 unspecified atom stereocenters. The molecule has 0 radical (unpaired) electrons. The number of nitrogens with zero attached hydrogens (tertiary/aromatic N) is 1. The fourth-order valence-corrected chi connectivity index (χ4v) is 2.19. The number of aromatic nitrogens is 1. The zero-order chi connectivity index (χ0) is 13.8. The molecule has 3 N–H and O–H groups in total. The minimum Gasteiger partial charge on any atom is -0.440 e. The van der Waals surface area contributed by atoms with Crippen molar-refractivity contribution in [3.05, 3.63) is 35.2 Å². The number of amides is 1. The number of nitrogens with one attached hydrogen (secondary N) is 1. The number of benzene rings is 1. The molecule has 19 heavy (non-hydrogen) atoms. The number of thioether (sulfide) groups is 1. The van der Waals surface area contributed by atoms with Gasteiger partial charge in [0.1, 0.15) is 6.26 Å². The van der Waals surface area contributed by atoms with E-state index in [1.54, 1.807) is 18.2 Å². The maximum atomic E-state index is 11.7. The summed E-state index contributed by atoms with van der Waals surface area (Å²) in [5.74, 6) is 0.0111. The summed E-state index contributed by atoms with van der Waals surface area (Å²) in [6.07, 6.45) is 1.54. The molecule has 0 aliphatic heterocycles. The Morgan fingerprint density at radius 3 is 3.00 bits per heavy atom. The van der Waals surface area contributed by atoms with Gasteiger partial charge in [-0.1, -0.05) is 23.4 Å². The molecule has 0 saturated heterocycles. The van der Waals surface area contributed by atoms with Crippen molar-refractivity contribution in [2.75, 3.05) is 16.8 Å². The molecule has 1 aromatic heterocycles. The molecule has 2 aromatic rings. The fraction of sp³-hybridized carbons (Fsp3) is 0.167. The highest BCUT2D eigenvalue weighted by molar-refractivity contribution is 7.99. The van der Waals surface area contributed by atoms with Gasteiger partial charge in [0.15, 0.2) is 0 Å². The second-order valence-electron chi connectivity index (χ2n) is 3.82. The molecule has 0 aliphatic rings.